The van der Waals surface area contributed by atoms with Crippen LogP contribution >= 0.6 is 16.1 Å². The van der Waals surface area contributed by atoms with E-state index in [-0.39, 0.29) is 5.54 Å². The second-order valence-electron chi connectivity index (χ2n) is 3.47. The summed E-state index contributed by atoms with van der Waals surface area (Å²) in [5, 5.41) is 3.46. The van der Waals surface area contributed by atoms with Gasteiger partial charge in [0.05, 0.1) is 0 Å². The van der Waals surface area contributed by atoms with Crippen molar-refractivity contribution >= 4 is 16.1 Å². The lowest BCUT2D eigenvalue weighted by molar-refractivity contribution is 0.358. The number of halogens is 1. The Balaban J connectivity index is 2.45. The summed E-state index contributed by atoms with van der Waals surface area (Å²) in [6.45, 7) is 5.57. The molecule has 0 spiro atoms. The van der Waals surface area contributed by atoms with Crippen molar-refractivity contribution in [2.75, 3.05) is 6.54 Å². The molecule has 0 amide bonds. The van der Waals surface area contributed by atoms with Gasteiger partial charge in [-0.1, -0.05) is 0 Å². The topological polar surface area (TPSA) is 24.1 Å². The summed E-state index contributed by atoms with van der Waals surface area (Å²) in [7, 11) is 0. The third-order valence-corrected chi connectivity index (χ3v) is 3.20. The van der Waals surface area contributed by atoms with E-state index in [4.69, 9.17) is 0 Å². The zero-order chi connectivity index (χ0) is 7.61. The highest BCUT2D eigenvalue weighted by molar-refractivity contribution is 9.08. The molecule has 1 fully saturated rings. The van der Waals surface area contributed by atoms with Crippen molar-refractivity contribution < 1.29 is 0 Å². The molecular formula is C7H15BrN2. The molecule has 1 aliphatic heterocycles. The van der Waals surface area contributed by atoms with Gasteiger partial charge in [0, 0.05) is 27.7 Å². The van der Waals surface area contributed by atoms with Crippen LogP contribution in [-0.4, -0.2) is 18.1 Å². The van der Waals surface area contributed by atoms with E-state index in [9.17, 15) is 0 Å². The fourth-order valence-electron chi connectivity index (χ4n) is 1.37. The van der Waals surface area contributed by atoms with Gasteiger partial charge in [-0.25, -0.2) is 4.34 Å². The summed E-state index contributed by atoms with van der Waals surface area (Å²) in [5.41, 5.74) is 0.177. The minimum absolute atomic E-state index is 0.177. The lowest BCUT2D eigenvalue weighted by Crippen LogP contribution is -2.49. The molecule has 60 valence electrons. The number of rotatable bonds is 2. The predicted octanol–water partition coefficient (Wildman–Crippen LogP) is 1.42. The summed E-state index contributed by atoms with van der Waals surface area (Å²) >= 11 is 3.29. The van der Waals surface area contributed by atoms with Gasteiger partial charge in [0.2, 0.25) is 0 Å². The zero-order valence-electron chi connectivity index (χ0n) is 6.58. The lowest BCUT2D eigenvalue weighted by Gasteiger charge is -2.29. The first-order chi connectivity index (χ1) is 4.67. The van der Waals surface area contributed by atoms with E-state index in [1.807, 2.05) is 0 Å². The van der Waals surface area contributed by atoms with Gasteiger partial charge in [0.1, 0.15) is 0 Å². The van der Waals surface area contributed by atoms with Crippen molar-refractivity contribution in [1.29, 1.82) is 0 Å². The molecule has 2 nitrogen and oxygen atoms in total. The SMILES string of the molecule is CC(C)(NBr)C1CCCN1. The molecule has 0 aromatic carbocycles. The second-order valence-corrected chi connectivity index (χ2v) is 3.86. The maximum atomic E-state index is 3.46. The molecule has 2 N–H and O–H groups in total. The second kappa shape index (κ2) is 3.20. The summed E-state index contributed by atoms with van der Waals surface area (Å²) < 4.78 is 3.13. The molecule has 0 bridgehead atoms. The van der Waals surface area contributed by atoms with E-state index in [1.165, 1.54) is 19.4 Å². The summed E-state index contributed by atoms with van der Waals surface area (Å²) in [4.78, 5) is 0. The Hall–Kier alpha value is 0.400. The van der Waals surface area contributed by atoms with Crippen LogP contribution in [0.15, 0.2) is 0 Å². The molecule has 1 rings (SSSR count). The van der Waals surface area contributed by atoms with Crippen LogP contribution in [0.4, 0.5) is 0 Å². The smallest absolute Gasteiger partial charge is 0.0382 e. The lowest BCUT2D eigenvalue weighted by atomic mass is 9.95. The third-order valence-electron chi connectivity index (χ3n) is 2.18. The fraction of sp³-hybridized carbons (Fsp3) is 1.00. The van der Waals surface area contributed by atoms with Crippen molar-refractivity contribution in [3.63, 3.8) is 0 Å². The van der Waals surface area contributed by atoms with Crippen LogP contribution in [0.1, 0.15) is 26.7 Å². The van der Waals surface area contributed by atoms with Crippen LogP contribution in [0.25, 0.3) is 0 Å². The van der Waals surface area contributed by atoms with Crippen LogP contribution in [0, 0.1) is 0 Å². The Morgan fingerprint density at radius 1 is 1.60 bits per heavy atom. The molecule has 0 saturated carbocycles. The van der Waals surface area contributed by atoms with Crippen LogP contribution in [0.2, 0.25) is 0 Å². The molecule has 0 aliphatic carbocycles. The number of hydrogen-bond donors (Lipinski definition) is 2. The Morgan fingerprint density at radius 2 is 2.30 bits per heavy atom. The third kappa shape index (κ3) is 1.71. The molecule has 0 aromatic rings. The maximum absolute atomic E-state index is 3.46. The standard InChI is InChI=1S/C7H15BrN2/c1-7(2,10-8)6-4-3-5-9-6/h6,9-10H,3-5H2,1-2H3. The summed E-state index contributed by atoms with van der Waals surface area (Å²) in [5.74, 6) is 0. The largest absolute Gasteiger partial charge is 0.312 e. The Kier molecular flexibility index (Phi) is 2.72. The molecule has 0 radical (unpaired) electrons. The molecule has 3 heteroatoms. The molecular weight excluding hydrogens is 192 g/mol. The van der Waals surface area contributed by atoms with E-state index in [2.05, 4.69) is 39.7 Å². The molecule has 1 heterocycles. The van der Waals surface area contributed by atoms with Crippen LogP contribution in [-0.2, 0) is 0 Å². The predicted molar refractivity (Wildman–Crippen MR) is 47.2 cm³/mol. The first-order valence-corrected chi connectivity index (χ1v) is 4.57. The van der Waals surface area contributed by atoms with Crippen LogP contribution in [0.3, 0.4) is 0 Å². The molecule has 1 saturated heterocycles. The van der Waals surface area contributed by atoms with Gasteiger partial charge in [-0.3, -0.25) is 0 Å². The van der Waals surface area contributed by atoms with E-state index >= 15 is 0 Å². The average molecular weight is 207 g/mol. The summed E-state index contributed by atoms with van der Waals surface area (Å²) in [6.07, 6.45) is 2.59. The monoisotopic (exact) mass is 206 g/mol. The van der Waals surface area contributed by atoms with Gasteiger partial charge < -0.3 is 5.32 Å². The highest BCUT2D eigenvalue weighted by Gasteiger charge is 2.30. The molecule has 0 aromatic heterocycles. The van der Waals surface area contributed by atoms with E-state index < -0.39 is 0 Å². The molecule has 1 aliphatic rings. The van der Waals surface area contributed by atoms with Crippen molar-refractivity contribution in [3.05, 3.63) is 0 Å². The Morgan fingerprint density at radius 3 is 2.70 bits per heavy atom. The maximum Gasteiger partial charge on any atom is 0.0382 e. The van der Waals surface area contributed by atoms with Gasteiger partial charge in [0.25, 0.3) is 0 Å². The Labute approximate surface area is 71.1 Å². The van der Waals surface area contributed by atoms with Gasteiger partial charge in [-0.2, -0.15) is 0 Å². The van der Waals surface area contributed by atoms with Gasteiger partial charge in [-0.05, 0) is 33.2 Å². The fourth-order valence-corrected chi connectivity index (χ4v) is 1.64. The van der Waals surface area contributed by atoms with E-state index in [0.29, 0.717) is 6.04 Å². The van der Waals surface area contributed by atoms with Crippen molar-refractivity contribution in [2.45, 2.75) is 38.3 Å². The average Bonchev–Trinajstić information content (AvgIpc) is 2.38. The van der Waals surface area contributed by atoms with E-state index in [0.717, 1.165) is 0 Å². The first-order valence-electron chi connectivity index (χ1n) is 3.78. The van der Waals surface area contributed by atoms with Crippen molar-refractivity contribution in [2.24, 2.45) is 0 Å². The summed E-state index contributed by atoms with van der Waals surface area (Å²) in [6, 6.07) is 0.617. The molecule has 10 heavy (non-hydrogen) atoms. The highest BCUT2D eigenvalue weighted by Crippen LogP contribution is 2.18. The van der Waals surface area contributed by atoms with Crippen LogP contribution in [0.5, 0.6) is 0 Å². The first kappa shape index (κ1) is 8.50. The quantitative estimate of drug-likeness (QED) is 0.669. The number of nitrogens with one attached hydrogen (secondary N) is 2. The van der Waals surface area contributed by atoms with E-state index in [1.54, 1.807) is 0 Å². The van der Waals surface area contributed by atoms with Gasteiger partial charge in [-0.15, -0.1) is 0 Å². The van der Waals surface area contributed by atoms with Crippen LogP contribution < -0.4 is 9.66 Å². The minimum atomic E-state index is 0.177. The molecule has 1 unspecified atom stereocenters. The van der Waals surface area contributed by atoms with Gasteiger partial charge in [0.15, 0.2) is 0 Å². The number of hydrogen-bond acceptors (Lipinski definition) is 2. The Bertz CT molecular complexity index is 108. The van der Waals surface area contributed by atoms with Crippen molar-refractivity contribution in [3.8, 4) is 0 Å². The normalized spacial score (nSPS) is 27.3. The zero-order valence-corrected chi connectivity index (χ0v) is 8.16. The minimum Gasteiger partial charge on any atom is -0.312 e. The van der Waals surface area contributed by atoms with Gasteiger partial charge >= 0.3 is 0 Å². The van der Waals surface area contributed by atoms with Crippen molar-refractivity contribution in [1.82, 2.24) is 9.66 Å². The highest BCUT2D eigenvalue weighted by atomic mass is 79.9. The molecule has 1 atom stereocenters.